The first-order valence-electron chi connectivity index (χ1n) is 6.28. The third-order valence-corrected chi connectivity index (χ3v) is 3.30. The summed E-state index contributed by atoms with van der Waals surface area (Å²) < 4.78 is 0. The molecule has 0 unspecified atom stereocenters. The van der Waals surface area contributed by atoms with E-state index in [9.17, 15) is 9.59 Å². The van der Waals surface area contributed by atoms with Gasteiger partial charge in [-0.15, -0.1) is 0 Å². The lowest BCUT2D eigenvalue weighted by molar-refractivity contribution is -0.131. The second-order valence-corrected chi connectivity index (χ2v) is 5.16. The molecule has 1 aromatic heterocycles. The van der Waals surface area contributed by atoms with Crippen LogP contribution in [0.2, 0.25) is 0 Å². The van der Waals surface area contributed by atoms with Crippen molar-refractivity contribution >= 4 is 34.4 Å². The molecule has 0 aromatic carbocycles. The topological polar surface area (TPSA) is 79.3 Å². The number of carboxylic acid groups (broad SMARTS) is 1. The summed E-state index contributed by atoms with van der Waals surface area (Å²) in [5, 5.41) is 11.7. The number of hydrogen-bond donors (Lipinski definition) is 2. The molecule has 0 atom stereocenters. The Kier molecular flexibility index (Phi) is 6.81. The highest BCUT2D eigenvalue weighted by atomic mass is 32.1. The van der Waals surface area contributed by atoms with E-state index in [1.807, 2.05) is 0 Å². The first kappa shape index (κ1) is 15.4. The van der Waals surface area contributed by atoms with E-state index >= 15 is 0 Å². The number of carbonyl (C=O) groups excluding carboxylic acids is 1. The van der Waals surface area contributed by atoms with Gasteiger partial charge in [0.15, 0.2) is 5.13 Å². The average molecular weight is 282 g/mol. The Morgan fingerprint density at radius 3 is 2.89 bits per heavy atom. The molecule has 104 valence electrons. The Hall–Kier alpha value is -1.69. The number of hydrogen-bond acceptors (Lipinski definition) is 4. The molecule has 0 aliphatic rings. The predicted octanol–water partition coefficient (Wildman–Crippen LogP) is 3.15. The molecule has 6 heteroatoms. The van der Waals surface area contributed by atoms with Crippen LogP contribution < -0.4 is 5.32 Å². The van der Waals surface area contributed by atoms with E-state index in [4.69, 9.17) is 5.11 Å². The van der Waals surface area contributed by atoms with Gasteiger partial charge in [0.25, 0.3) is 0 Å². The van der Waals surface area contributed by atoms with Gasteiger partial charge in [0.05, 0.1) is 0 Å². The molecule has 1 amide bonds. The van der Waals surface area contributed by atoms with Crippen molar-refractivity contribution in [2.24, 2.45) is 0 Å². The van der Waals surface area contributed by atoms with Gasteiger partial charge < -0.3 is 10.4 Å². The Bertz CT molecular complexity index is 454. The molecule has 19 heavy (non-hydrogen) atoms. The van der Waals surface area contributed by atoms with E-state index in [1.54, 1.807) is 0 Å². The van der Waals surface area contributed by atoms with Crippen LogP contribution in [-0.4, -0.2) is 22.0 Å². The zero-order chi connectivity index (χ0) is 14.1. The molecule has 5 nitrogen and oxygen atoms in total. The summed E-state index contributed by atoms with van der Waals surface area (Å²) in [5.74, 6) is -1.05. The standard InChI is InChI=1S/C13H18N2O3S/c1-2-3-4-5-6-11(16)15-13-14-9-10(19-13)7-8-12(17)18/h7-9H,2-6H2,1H3,(H,17,18)(H,14,15,16)/b8-7+. The van der Waals surface area contributed by atoms with E-state index in [1.165, 1.54) is 23.6 Å². The van der Waals surface area contributed by atoms with Gasteiger partial charge in [0.1, 0.15) is 0 Å². The van der Waals surface area contributed by atoms with Crippen LogP contribution in [0.3, 0.4) is 0 Å². The normalized spacial score (nSPS) is 10.8. The van der Waals surface area contributed by atoms with E-state index < -0.39 is 5.97 Å². The molecule has 1 heterocycles. The molecule has 0 saturated carbocycles. The lowest BCUT2D eigenvalue weighted by Crippen LogP contribution is -2.10. The van der Waals surface area contributed by atoms with Crippen LogP contribution in [0.5, 0.6) is 0 Å². The second kappa shape index (κ2) is 8.42. The third kappa shape index (κ3) is 6.71. The van der Waals surface area contributed by atoms with E-state index in [0.717, 1.165) is 31.8 Å². The fourth-order valence-electron chi connectivity index (χ4n) is 1.47. The summed E-state index contributed by atoms with van der Waals surface area (Å²) in [6, 6.07) is 0. The molecular weight excluding hydrogens is 264 g/mol. The van der Waals surface area contributed by atoms with Crippen LogP contribution in [0.25, 0.3) is 6.08 Å². The molecule has 0 radical (unpaired) electrons. The van der Waals surface area contributed by atoms with Crippen molar-refractivity contribution in [2.45, 2.75) is 39.0 Å². The van der Waals surface area contributed by atoms with Crippen LogP contribution in [0.15, 0.2) is 12.3 Å². The molecule has 1 aromatic rings. The van der Waals surface area contributed by atoms with Crippen LogP contribution in [0.1, 0.15) is 43.9 Å². The lowest BCUT2D eigenvalue weighted by Gasteiger charge is -2.00. The summed E-state index contributed by atoms with van der Waals surface area (Å²) >= 11 is 1.25. The Morgan fingerprint density at radius 1 is 1.42 bits per heavy atom. The summed E-state index contributed by atoms with van der Waals surface area (Å²) in [5.41, 5.74) is 0. The van der Waals surface area contributed by atoms with Gasteiger partial charge in [-0.05, 0) is 12.5 Å². The Morgan fingerprint density at radius 2 is 2.21 bits per heavy atom. The number of nitrogens with zero attached hydrogens (tertiary/aromatic N) is 1. The molecule has 0 spiro atoms. The number of carboxylic acids is 1. The third-order valence-electron chi connectivity index (χ3n) is 2.42. The zero-order valence-electron chi connectivity index (χ0n) is 10.9. The van der Waals surface area contributed by atoms with E-state index in [-0.39, 0.29) is 5.91 Å². The smallest absolute Gasteiger partial charge is 0.328 e. The van der Waals surface area contributed by atoms with Gasteiger partial charge in [-0.1, -0.05) is 37.5 Å². The number of carbonyl (C=O) groups is 2. The largest absolute Gasteiger partial charge is 0.478 e. The van der Waals surface area contributed by atoms with Crippen LogP contribution >= 0.6 is 11.3 Å². The molecule has 0 bridgehead atoms. The molecule has 2 N–H and O–H groups in total. The summed E-state index contributed by atoms with van der Waals surface area (Å²) in [7, 11) is 0. The monoisotopic (exact) mass is 282 g/mol. The lowest BCUT2D eigenvalue weighted by atomic mass is 10.1. The number of aliphatic carboxylic acids is 1. The van der Waals surface area contributed by atoms with Crippen molar-refractivity contribution in [3.8, 4) is 0 Å². The number of aromatic nitrogens is 1. The highest BCUT2D eigenvalue weighted by Gasteiger charge is 2.05. The predicted molar refractivity (Wildman–Crippen MR) is 76.2 cm³/mol. The number of nitrogens with one attached hydrogen (secondary N) is 1. The van der Waals surface area contributed by atoms with Gasteiger partial charge in [0.2, 0.25) is 5.91 Å². The summed E-state index contributed by atoms with van der Waals surface area (Å²) in [6.45, 7) is 2.13. The molecule has 0 aliphatic carbocycles. The Balaban J connectivity index is 2.36. The van der Waals surface area contributed by atoms with Crippen LogP contribution in [-0.2, 0) is 9.59 Å². The number of thiazole rings is 1. The van der Waals surface area contributed by atoms with Crippen molar-refractivity contribution in [1.29, 1.82) is 0 Å². The Labute approximate surface area is 116 Å². The maximum Gasteiger partial charge on any atom is 0.328 e. The second-order valence-electron chi connectivity index (χ2n) is 4.10. The SMILES string of the molecule is CCCCCCC(=O)Nc1ncc(/C=C/C(=O)O)s1. The number of anilines is 1. The van der Waals surface area contributed by atoms with Gasteiger partial charge in [-0.25, -0.2) is 9.78 Å². The zero-order valence-corrected chi connectivity index (χ0v) is 11.7. The van der Waals surface area contributed by atoms with Crippen molar-refractivity contribution in [3.05, 3.63) is 17.2 Å². The molecule has 0 fully saturated rings. The van der Waals surface area contributed by atoms with E-state index in [2.05, 4.69) is 17.2 Å². The van der Waals surface area contributed by atoms with Crippen molar-refractivity contribution < 1.29 is 14.7 Å². The number of amides is 1. The first-order chi connectivity index (χ1) is 9.11. The minimum Gasteiger partial charge on any atom is -0.478 e. The van der Waals surface area contributed by atoms with Crippen molar-refractivity contribution in [3.63, 3.8) is 0 Å². The fraction of sp³-hybridized carbons (Fsp3) is 0.462. The fourth-order valence-corrected chi connectivity index (χ4v) is 2.20. The van der Waals surface area contributed by atoms with Crippen LogP contribution in [0.4, 0.5) is 5.13 Å². The van der Waals surface area contributed by atoms with Gasteiger partial charge in [-0.2, -0.15) is 0 Å². The first-order valence-corrected chi connectivity index (χ1v) is 7.10. The van der Waals surface area contributed by atoms with Crippen molar-refractivity contribution in [2.75, 3.05) is 5.32 Å². The minimum absolute atomic E-state index is 0.0424. The van der Waals surface area contributed by atoms with Crippen molar-refractivity contribution in [1.82, 2.24) is 4.98 Å². The number of unbranched alkanes of at least 4 members (excludes halogenated alkanes) is 3. The van der Waals surface area contributed by atoms with Gasteiger partial charge in [-0.3, -0.25) is 4.79 Å². The van der Waals surface area contributed by atoms with E-state index in [0.29, 0.717) is 16.4 Å². The molecular formula is C13H18N2O3S. The summed E-state index contributed by atoms with van der Waals surface area (Å²) in [6.07, 6.45) is 8.78. The molecule has 0 saturated heterocycles. The summed E-state index contributed by atoms with van der Waals surface area (Å²) in [4.78, 5) is 26.7. The van der Waals surface area contributed by atoms with Gasteiger partial charge in [0, 0.05) is 23.6 Å². The van der Waals surface area contributed by atoms with Crippen LogP contribution in [0, 0.1) is 0 Å². The molecule has 0 aliphatic heterocycles. The maximum atomic E-state index is 11.6. The minimum atomic E-state index is -1.00. The molecule has 1 rings (SSSR count). The average Bonchev–Trinajstić information content (AvgIpc) is 2.80. The maximum absolute atomic E-state index is 11.6. The highest BCUT2D eigenvalue weighted by molar-refractivity contribution is 7.16. The number of rotatable bonds is 8. The highest BCUT2D eigenvalue weighted by Crippen LogP contribution is 2.19. The quantitative estimate of drug-likeness (QED) is 0.567. The van der Waals surface area contributed by atoms with Gasteiger partial charge >= 0.3 is 5.97 Å².